The van der Waals surface area contributed by atoms with Gasteiger partial charge in [-0.1, -0.05) is 19.3 Å². The Hall–Kier alpha value is -1.56. The van der Waals surface area contributed by atoms with Gasteiger partial charge in [-0.15, -0.1) is 11.8 Å². The Balaban J connectivity index is 1.56. The summed E-state index contributed by atoms with van der Waals surface area (Å²) in [5.41, 5.74) is 0.586. The third-order valence-electron chi connectivity index (χ3n) is 4.96. The number of pyridine rings is 1. The predicted molar refractivity (Wildman–Crippen MR) is 95.0 cm³/mol. The molecular weight excluding hydrogens is 322 g/mol. The Kier molecular flexibility index (Phi) is 5.76. The Morgan fingerprint density at radius 1 is 1.38 bits per heavy atom. The minimum atomic E-state index is -0.134. The number of carbonyl (C=O) groups is 2. The highest BCUT2D eigenvalue weighted by Gasteiger charge is 2.32. The van der Waals surface area contributed by atoms with Crippen molar-refractivity contribution >= 4 is 23.6 Å². The number of nitrogens with zero attached hydrogens (tertiary/aromatic N) is 2. The highest BCUT2D eigenvalue weighted by atomic mass is 32.2. The van der Waals surface area contributed by atoms with Crippen LogP contribution in [0.3, 0.4) is 0 Å². The lowest BCUT2D eigenvalue weighted by molar-refractivity contribution is -0.128. The van der Waals surface area contributed by atoms with Gasteiger partial charge in [0.25, 0.3) is 5.91 Å². The molecule has 0 spiro atoms. The summed E-state index contributed by atoms with van der Waals surface area (Å²) in [6.45, 7) is 1.49. The van der Waals surface area contributed by atoms with Gasteiger partial charge in [0, 0.05) is 25.7 Å². The van der Waals surface area contributed by atoms with Gasteiger partial charge in [-0.2, -0.15) is 0 Å². The number of thioether (sulfide) groups is 1. The van der Waals surface area contributed by atoms with E-state index >= 15 is 0 Å². The van der Waals surface area contributed by atoms with E-state index in [4.69, 9.17) is 0 Å². The maximum absolute atomic E-state index is 12.5. The van der Waals surface area contributed by atoms with Crippen molar-refractivity contribution in [3.8, 4) is 0 Å². The summed E-state index contributed by atoms with van der Waals surface area (Å²) in [6.07, 6.45) is 10.4. The smallest absolute Gasteiger partial charge is 0.254 e. The summed E-state index contributed by atoms with van der Waals surface area (Å²) in [6, 6.07) is 3.46. The zero-order valence-electron chi connectivity index (χ0n) is 14.2. The second kappa shape index (κ2) is 8.01. The zero-order valence-corrected chi connectivity index (χ0v) is 15.0. The van der Waals surface area contributed by atoms with E-state index in [1.165, 1.54) is 43.9 Å². The number of likely N-dealkylation sites (tertiary alicyclic amines) is 1. The number of rotatable bonds is 5. The Bertz CT molecular complexity index is 602. The molecule has 1 unspecified atom stereocenters. The lowest BCUT2D eigenvalue weighted by atomic mass is 9.89. The standard InChI is InChI=1S/C18H25N3O2S/c1-24-18-15(8-5-9-19-18)17(23)20-14-10-16(22)21(12-14)11-13-6-3-2-4-7-13/h5,8-9,13-14H,2-4,6-7,10-12H2,1H3,(H,20,23). The number of amides is 2. The van der Waals surface area contributed by atoms with E-state index in [9.17, 15) is 9.59 Å². The van der Waals surface area contributed by atoms with E-state index in [1.807, 2.05) is 11.2 Å². The third kappa shape index (κ3) is 4.09. The van der Waals surface area contributed by atoms with Crippen molar-refractivity contribution < 1.29 is 9.59 Å². The van der Waals surface area contributed by atoms with Crippen LogP contribution in [0, 0.1) is 5.92 Å². The monoisotopic (exact) mass is 347 g/mol. The first kappa shape index (κ1) is 17.3. The number of carbonyl (C=O) groups excluding carboxylic acids is 2. The number of nitrogens with one attached hydrogen (secondary N) is 1. The molecule has 0 radical (unpaired) electrons. The van der Waals surface area contributed by atoms with Gasteiger partial charge >= 0.3 is 0 Å². The average Bonchev–Trinajstić information content (AvgIpc) is 2.94. The van der Waals surface area contributed by atoms with Crippen molar-refractivity contribution in [3.05, 3.63) is 23.9 Å². The fourth-order valence-electron chi connectivity index (χ4n) is 3.72. The first-order valence-corrected chi connectivity index (χ1v) is 9.97. The summed E-state index contributed by atoms with van der Waals surface area (Å²) >= 11 is 1.46. The second-order valence-corrected chi connectivity index (χ2v) is 7.53. The van der Waals surface area contributed by atoms with Crippen LogP contribution in [0.1, 0.15) is 48.9 Å². The van der Waals surface area contributed by atoms with Crippen LogP contribution in [0.25, 0.3) is 0 Å². The van der Waals surface area contributed by atoms with Crippen LogP contribution < -0.4 is 5.32 Å². The molecule has 0 bridgehead atoms. The Morgan fingerprint density at radius 2 is 2.17 bits per heavy atom. The molecule has 1 aliphatic heterocycles. The molecular formula is C18H25N3O2S. The molecule has 2 heterocycles. The number of aromatic nitrogens is 1. The average molecular weight is 347 g/mol. The minimum absolute atomic E-state index is 0.0940. The van der Waals surface area contributed by atoms with Gasteiger partial charge < -0.3 is 10.2 Å². The van der Waals surface area contributed by atoms with E-state index < -0.39 is 0 Å². The van der Waals surface area contributed by atoms with Crippen LogP contribution in [0.2, 0.25) is 0 Å². The van der Waals surface area contributed by atoms with Gasteiger partial charge in [0.2, 0.25) is 5.91 Å². The first-order valence-electron chi connectivity index (χ1n) is 8.75. The molecule has 1 N–H and O–H groups in total. The molecule has 1 saturated heterocycles. The maximum Gasteiger partial charge on any atom is 0.254 e. The number of hydrogen-bond acceptors (Lipinski definition) is 4. The SMILES string of the molecule is CSc1ncccc1C(=O)NC1CC(=O)N(CC2CCCCC2)C1. The van der Waals surface area contributed by atoms with Crippen LogP contribution in [-0.4, -0.2) is 47.1 Å². The molecule has 0 aromatic carbocycles. The van der Waals surface area contributed by atoms with Crippen molar-refractivity contribution in [3.63, 3.8) is 0 Å². The van der Waals surface area contributed by atoms with E-state index in [2.05, 4.69) is 10.3 Å². The number of hydrogen-bond donors (Lipinski definition) is 1. The molecule has 1 aromatic heterocycles. The van der Waals surface area contributed by atoms with Crippen LogP contribution in [0.15, 0.2) is 23.4 Å². The molecule has 5 nitrogen and oxygen atoms in total. The van der Waals surface area contributed by atoms with E-state index in [0.717, 1.165) is 11.6 Å². The molecule has 6 heteroatoms. The van der Waals surface area contributed by atoms with Crippen LogP contribution >= 0.6 is 11.8 Å². The van der Waals surface area contributed by atoms with Gasteiger partial charge in [-0.25, -0.2) is 4.98 Å². The van der Waals surface area contributed by atoms with Crippen LogP contribution in [-0.2, 0) is 4.79 Å². The van der Waals surface area contributed by atoms with Gasteiger partial charge in [0.1, 0.15) is 5.03 Å². The van der Waals surface area contributed by atoms with Crippen LogP contribution in [0.4, 0.5) is 0 Å². The molecule has 3 rings (SSSR count). The topological polar surface area (TPSA) is 62.3 Å². The molecule has 2 fully saturated rings. The van der Waals surface area contributed by atoms with E-state index in [-0.39, 0.29) is 17.9 Å². The Morgan fingerprint density at radius 3 is 2.92 bits per heavy atom. The van der Waals surface area contributed by atoms with Crippen molar-refractivity contribution in [2.75, 3.05) is 19.3 Å². The van der Waals surface area contributed by atoms with Crippen molar-refractivity contribution in [1.82, 2.24) is 15.2 Å². The molecule has 1 saturated carbocycles. The molecule has 130 valence electrons. The van der Waals surface area contributed by atoms with Crippen molar-refractivity contribution in [2.45, 2.75) is 49.6 Å². The maximum atomic E-state index is 12.5. The summed E-state index contributed by atoms with van der Waals surface area (Å²) in [5.74, 6) is 0.672. The predicted octanol–water partition coefficient (Wildman–Crippen LogP) is 2.71. The lowest BCUT2D eigenvalue weighted by Gasteiger charge is -2.27. The molecule has 24 heavy (non-hydrogen) atoms. The second-order valence-electron chi connectivity index (χ2n) is 6.74. The summed E-state index contributed by atoms with van der Waals surface area (Å²) in [7, 11) is 0. The zero-order chi connectivity index (χ0) is 16.9. The fraction of sp³-hybridized carbons (Fsp3) is 0.611. The minimum Gasteiger partial charge on any atom is -0.347 e. The summed E-state index contributed by atoms with van der Waals surface area (Å²) < 4.78 is 0. The normalized spacial score (nSPS) is 22.0. The lowest BCUT2D eigenvalue weighted by Crippen LogP contribution is -2.38. The summed E-state index contributed by atoms with van der Waals surface area (Å²) in [5, 5.41) is 3.73. The Labute approximate surface area is 147 Å². The van der Waals surface area contributed by atoms with E-state index in [1.54, 1.807) is 18.3 Å². The molecule has 2 amide bonds. The van der Waals surface area contributed by atoms with Crippen LogP contribution in [0.5, 0.6) is 0 Å². The van der Waals surface area contributed by atoms with Gasteiger partial charge in [-0.05, 0) is 37.1 Å². The largest absolute Gasteiger partial charge is 0.347 e. The van der Waals surface area contributed by atoms with Gasteiger partial charge in [0.15, 0.2) is 0 Å². The molecule has 1 aliphatic carbocycles. The molecule has 1 atom stereocenters. The quantitative estimate of drug-likeness (QED) is 0.832. The highest BCUT2D eigenvalue weighted by Crippen LogP contribution is 2.26. The van der Waals surface area contributed by atoms with Gasteiger partial charge in [0.05, 0.1) is 11.6 Å². The van der Waals surface area contributed by atoms with Crippen molar-refractivity contribution in [1.29, 1.82) is 0 Å². The summed E-state index contributed by atoms with van der Waals surface area (Å²) in [4.78, 5) is 30.9. The van der Waals surface area contributed by atoms with Crippen molar-refractivity contribution in [2.24, 2.45) is 5.92 Å². The van der Waals surface area contributed by atoms with E-state index in [0.29, 0.717) is 24.4 Å². The molecule has 1 aromatic rings. The first-order chi connectivity index (χ1) is 11.7. The fourth-order valence-corrected chi connectivity index (χ4v) is 4.26. The third-order valence-corrected chi connectivity index (χ3v) is 5.67. The highest BCUT2D eigenvalue weighted by molar-refractivity contribution is 7.98. The molecule has 2 aliphatic rings. The van der Waals surface area contributed by atoms with Gasteiger partial charge in [-0.3, -0.25) is 9.59 Å².